The van der Waals surface area contributed by atoms with Gasteiger partial charge in [0.1, 0.15) is 5.82 Å². The van der Waals surface area contributed by atoms with Gasteiger partial charge in [0, 0.05) is 17.8 Å². The molecule has 1 amide bonds. The smallest absolute Gasteiger partial charge is 0.272 e. The van der Waals surface area contributed by atoms with Crippen molar-refractivity contribution in [1.29, 1.82) is 0 Å². The Labute approximate surface area is 193 Å². The molecule has 1 aliphatic carbocycles. The summed E-state index contributed by atoms with van der Waals surface area (Å²) in [7, 11) is -1.95. The number of carbonyl (C=O) groups is 1. The fourth-order valence-corrected chi connectivity index (χ4v) is 4.84. The monoisotopic (exact) mass is 470 g/mol. The SMILES string of the molecule is CNS(=O)(=O)Cc1ccc(CNC(=O)c2nn(-c3ccc(F)cc3)c3c2CCCCC3)cc1. The molecule has 1 heterocycles. The minimum absolute atomic E-state index is 0.0941. The number of sulfonamides is 1. The molecule has 0 saturated carbocycles. The Balaban J connectivity index is 1.52. The number of nitrogens with zero attached hydrogens (tertiary/aromatic N) is 2. The number of benzene rings is 2. The van der Waals surface area contributed by atoms with Crippen LogP contribution in [0.15, 0.2) is 48.5 Å². The summed E-state index contributed by atoms with van der Waals surface area (Å²) in [5.74, 6) is -0.663. The van der Waals surface area contributed by atoms with E-state index in [9.17, 15) is 17.6 Å². The molecule has 1 aromatic heterocycles. The Bertz CT molecular complexity index is 1240. The lowest BCUT2D eigenvalue weighted by Crippen LogP contribution is -2.24. The number of aromatic nitrogens is 2. The van der Waals surface area contributed by atoms with Crippen LogP contribution in [-0.2, 0) is 35.2 Å². The van der Waals surface area contributed by atoms with Crippen molar-refractivity contribution in [2.45, 2.75) is 44.4 Å². The molecule has 0 atom stereocenters. The van der Waals surface area contributed by atoms with Crippen LogP contribution < -0.4 is 10.0 Å². The number of hydrogen-bond acceptors (Lipinski definition) is 4. The summed E-state index contributed by atoms with van der Waals surface area (Å²) in [4.78, 5) is 13.1. The van der Waals surface area contributed by atoms with Gasteiger partial charge in [0.15, 0.2) is 5.69 Å². The molecule has 0 unspecified atom stereocenters. The van der Waals surface area contributed by atoms with Crippen LogP contribution in [0, 0.1) is 5.82 Å². The number of fused-ring (bicyclic) bond motifs is 1. The number of carbonyl (C=O) groups excluding carboxylic acids is 1. The Morgan fingerprint density at radius 3 is 2.36 bits per heavy atom. The highest BCUT2D eigenvalue weighted by molar-refractivity contribution is 7.88. The van der Waals surface area contributed by atoms with Crippen LogP contribution in [0.1, 0.15) is 52.1 Å². The molecule has 33 heavy (non-hydrogen) atoms. The predicted octanol–water partition coefficient (Wildman–Crippen LogP) is 3.26. The quantitative estimate of drug-likeness (QED) is 0.519. The Morgan fingerprint density at radius 1 is 1.00 bits per heavy atom. The maximum absolute atomic E-state index is 13.4. The van der Waals surface area contributed by atoms with Gasteiger partial charge in [0.2, 0.25) is 10.0 Å². The number of amides is 1. The molecule has 0 radical (unpaired) electrons. The third kappa shape index (κ3) is 5.48. The maximum Gasteiger partial charge on any atom is 0.272 e. The highest BCUT2D eigenvalue weighted by atomic mass is 32.2. The molecule has 7 nitrogen and oxygen atoms in total. The van der Waals surface area contributed by atoms with Crippen molar-refractivity contribution in [2.75, 3.05) is 7.05 Å². The van der Waals surface area contributed by atoms with Gasteiger partial charge in [-0.15, -0.1) is 0 Å². The molecule has 4 rings (SSSR count). The normalized spacial score (nSPS) is 13.9. The van der Waals surface area contributed by atoms with Crippen LogP contribution in [0.2, 0.25) is 0 Å². The standard InChI is InChI=1S/C24H27FN4O3S/c1-26-33(31,32)16-18-9-7-17(8-10-18)15-27-24(30)23-21-5-3-2-4-6-22(21)29(28-23)20-13-11-19(25)12-14-20/h7-14,26H,2-6,15-16H2,1H3,(H,27,30). The molecule has 0 fully saturated rings. The van der Waals surface area contributed by atoms with Crippen molar-refractivity contribution in [2.24, 2.45) is 0 Å². The van der Waals surface area contributed by atoms with Crippen LogP contribution in [0.4, 0.5) is 4.39 Å². The summed E-state index contributed by atoms with van der Waals surface area (Å²) < 4.78 is 40.9. The molecular formula is C24H27FN4O3S. The van der Waals surface area contributed by atoms with Crippen LogP contribution in [0.3, 0.4) is 0 Å². The first kappa shape index (κ1) is 23.1. The Kier molecular flexibility index (Phi) is 6.90. The molecule has 3 aromatic rings. The van der Waals surface area contributed by atoms with Gasteiger partial charge < -0.3 is 5.32 Å². The van der Waals surface area contributed by atoms with E-state index in [1.54, 1.807) is 41.1 Å². The van der Waals surface area contributed by atoms with E-state index in [0.29, 0.717) is 17.8 Å². The fraction of sp³-hybridized carbons (Fsp3) is 0.333. The third-order valence-corrected chi connectivity index (χ3v) is 7.20. The molecule has 1 aliphatic rings. The zero-order valence-corrected chi connectivity index (χ0v) is 19.3. The van der Waals surface area contributed by atoms with Gasteiger partial charge in [-0.05, 0) is 68.1 Å². The zero-order valence-electron chi connectivity index (χ0n) is 18.5. The van der Waals surface area contributed by atoms with Crippen molar-refractivity contribution < 1.29 is 17.6 Å². The Hall–Kier alpha value is -3.04. The molecule has 2 N–H and O–H groups in total. The fourth-order valence-electron chi connectivity index (χ4n) is 4.07. The summed E-state index contributed by atoms with van der Waals surface area (Å²) in [6.07, 6.45) is 4.72. The first-order valence-corrected chi connectivity index (χ1v) is 12.7. The van der Waals surface area contributed by atoms with Gasteiger partial charge in [-0.2, -0.15) is 5.10 Å². The van der Waals surface area contributed by atoms with Crippen LogP contribution in [0.5, 0.6) is 0 Å². The average Bonchev–Trinajstić information content (AvgIpc) is 2.99. The number of rotatable bonds is 7. The molecule has 0 bridgehead atoms. The Morgan fingerprint density at radius 2 is 1.67 bits per heavy atom. The number of hydrogen-bond donors (Lipinski definition) is 2. The first-order chi connectivity index (χ1) is 15.9. The van der Waals surface area contributed by atoms with Gasteiger partial charge in [-0.25, -0.2) is 22.2 Å². The summed E-state index contributed by atoms with van der Waals surface area (Å²) >= 11 is 0. The molecule has 174 valence electrons. The van der Waals surface area contributed by atoms with Crippen molar-refractivity contribution in [1.82, 2.24) is 19.8 Å². The highest BCUT2D eigenvalue weighted by Crippen LogP contribution is 2.26. The summed E-state index contributed by atoms with van der Waals surface area (Å²) in [6.45, 7) is 0.302. The van der Waals surface area contributed by atoms with Gasteiger partial charge in [0.25, 0.3) is 5.91 Å². The van der Waals surface area contributed by atoms with Crippen molar-refractivity contribution in [3.05, 3.63) is 82.4 Å². The molecule has 2 aromatic carbocycles. The lowest BCUT2D eigenvalue weighted by Gasteiger charge is -2.07. The van der Waals surface area contributed by atoms with E-state index in [4.69, 9.17) is 0 Å². The van der Waals surface area contributed by atoms with Crippen molar-refractivity contribution >= 4 is 15.9 Å². The summed E-state index contributed by atoms with van der Waals surface area (Å²) in [5.41, 5.74) is 4.65. The molecule has 9 heteroatoms. The maximum atomic E-state index is 13.4. The topological polar surface area (TPSA) is 93.1 Å². The van der Waals surface area contributed by atoms with E-state index < -0.39 is 10.0 Å². The van der Waals surface area contributed by atoms with E-state index in [2.05, 4.69) is 15.1 Å². The summed E-state index contributed by atoms with van der Waals surface area (Å²) in [6, 6.07) is 13.2. The lowest BCUT2D eigenvalue weighted by molar-refractivity contribution is 0.0944. The molecule has 0 saturated heterocycles. The van der Waals surface area contributed by atoms with E-state index in [0.717, 1.165) is 54.6 Å². The third-order valence-electron chi connectivity index (χ3n) is 5.86. The summed E-state index contributed by atoms with van der Waals surface area (Å²) in [5, 5.41) is 7.55. The number of nitrogens with one attached hydrogen (secondary N) is 2. The van der Waals surface area contributed by atoms with Crippen LogP contribution in [0.25, 0.3) is 5.69 Å². The zero-order chi connectivity index (χ0) is 23.4. The second kappa shape index (κ2) is 9.84. The second-order valence-corrected chi connectivity index (χ2v) is 10.1. The van der Waals surface area contributed by atoms with E-state index in [1.165, 1.54) is 19.2 Å². The lowest BCUT2D eigenvalue weighted by atomic mass is 10.1. The molecule has 0 spiro atoms. The first-order valence-electron chi connectivity index (χ1n) is 11.0. The predicted molar refractivity (Wildman–Crippen MR) is 124 cm³/mol. The van der Waals surface area contributed by atoms with E-state index >= 15 is 0 Å². The molecular weight excluding hydrogens is 443 g/mol. The van der Waals surface area contributed by atoms with E-state index in [-0.39, 0.29) is 17.5 Å². The van der Waals surface area contributed by atoms with Crippen LogP contribution in [-0.4, -0.2) is 31.2 Å². The average molecular weight is 471 g/mol. The number of halogens is 1. The van der Waals surface area contributed by atoms with Crippen LogP contribution >= 0.6 is 0 Å². The van der Waals surface area contributed by atoms with Crippen molar-refractivity contribution in [3.63, 3.8) is 0 Å². The van der Waals surface area contributed by atoms with Gasteiger partial charge in [-0.1, -0.05) is 30.7 Å². The van der Waals surface area contributed by atoms with Gasteiger partial charge in [-0.3, -0.25) is 4.79 Å². The largest absolute Gasteiger partial charge is 0.347 e. The highest BCUT2D eigenvalue weighted by Gasteiger charge is 2.24. The molecule has 0 aliphatic heterocycles. The van der Waals surface area contributed by atoms with E-state index in [1.807, 2.05) is 0 Å². The minimum atomic E-state index is -3.33. The van der Waals surface area contributed by atoms with Crippen molar-refractivity contribution in [3.8, 4) is 5.69 Å². The second-order valence-electron chi connectivity index (χ2n) is 8.19. The van der Waals surface area contributed by atoms with Gasteiger partial charge in [0.05, 0.1) is 11.4 Å². The van der Waals surface area contributed by atoms with Gasteiger partial charge >= 0.3 is 0 Å². The minimum Gasteiger partial charge on any atom is -0.347 e.